The third-order valence-corrected chi connectivity index (χ3v) is 9.62. The molecule has 6 nitrogen and oxygen atoms in total. The Bertz CT molecular complexity index is 993. The zero-order valence-electron chi connectivity index (χ0n) is 26.4. The van der Waals surface area contributed by atoms with Crippen molar-refractivity contribution in [2.45, 2.75) is 141 Å². The Morgan fingerprint density at radius 3 is 1.69 bits per heavy atom. The fourth-order valence-electron chi connectivity index (χ4n) is 6.87. The molecule has 0 radical (unpaired) electrons. The van der Waals surface area contributed by atoms with Crippen LogP contribution in [0.15, 0.2) is 30.3 Å². The molecule has 2 bridgehead atoms. The molecule has 42 heavy (non-hydrogen) atoms. The minimum absolute atomic E-state index is 0.181. The van der Waals surface area contributed by atoms with E-state index in [1.165, 1.54) is 148 Å². The van der Waals surface area contributed by atoms with Crippen molar-refractivity contribution in [3.8, 4) is 17.1 Å². The van der Waals surface area contributed by atoms with Crippen LogP contribution < -0.4 is 16.2 Å². The Kier molecular flexibility index (Phi) is 14.8. The molecule has 3 aliphatic heterocycles. The summed E-state index contributed by atoms with van der Waals surface area (Å²) in [6.45, 7) is 3.39. The molecule has 3 atom stereocenters. The molecule has 3 aliphatic rings. The van der Waals surface area contributed by atoms with Crippen molar-refractivity contribution in [1.29, 1.82) is 0 Å². The highest BCUT2D eigenvalue weighted by Gasteiger charge is 2.30. The number of rotatable bonds is 3. The van der Waals surface area contributed by atoms with Crippen molar-refractivity contribution in [3.05, 3.63) is 30.3 Å². The molecule has 1 aromatic heterocycles. The molecule has 1 aromatic carbocycles. The monoisotopic (exact) mass is 577 g/mol. The molecule has 234 valence electrons. The lowest BCUT2D eigenvalue weighted by molar-refractivity contribution is 0.0305. The third-order valence-electron chi connectivity index (χ3n) is 9.62. The van der Waals surface area contributed by atoms with Crippen LogP contribution in [0.3, 0.4) is 0 Å². The number of hydrogen-bond acceptors (Lipinski definition) is 6. The normalized spacial score (nSPS) is 25.2. The van der Waals surface area contributed by atoms with Gasteiger partial charge in [-0.3, -0.25) is 4.90 Å². The highest BCUT2D eigenvalue weighted by Crippen LogP contribution is 2.29. The molecule has 2 aromatic rings. The summed E-state index contributed by atoms with van der Waals surface area (Å²) in [5.74, 6) is 1.22. The van der Waals surface area contributed by atoms with Gasteiger partial charge in [-0.05, 0) is 56.5 Å². The van der Waals surface area contributed by atoms with Gasteiger partial charge in [-0.2, -0.15) is 0 Å². The Labute approximate surface area is 256 Å². The lowest BCUT2D eigenvalue weighted by Crippen LogP contribution is -2.47. The second kappa shape index (κ2) is 19.0. The number of nitrogen functional groups attached to an aromatic ring is 2. The molecule has 0 aliphatic carbocycles. The summed E-state index contributed by atoms with van der Waals surface area (Å²) in [6, 6.07) is 9.55. The molecular formula is C36H59N5O. The number of aromatic nitrogens is 2. The van der Waals surface area contributed by atoms with E-state index in [9.17, 15) is 0 Å². The first-order chi connectivity index (χ1) is 20.7. The van der Waals surface area contributed by atoms with Crippen LogP contribution in [-0.4, -0.2) is 40.8 Å². The average Bonchev–Trinajstić information content (AvgIpc) is 3.00. The summed E-state index contributed by atoms with van der Waals surface area (Å²) >= 11 is 0. The predicted molar refractivity (Wildman–Crippen MR) is 178 cm³/mol. The Morgan fingerprint density at radius 1 is 0.571 bits per heavy atom. The van der Waals surface area contributed by atoms with E-state index in [-0.39, 0.29) is 6.10 Å². The number of anilines is 2. The summed E-state index contributed by atoms with van der Waals surface area (Å²) in [7, 11) is 0. The topological polar surface area (TPSA) is 90.3 Å². The van der Waals surface area contributed by atoms with Gasteiger partial charge in [0.15, 0.2) is 0 Å². The largest absolute Gasteiger partial charge is 0.472 e. The first-order valence-electron chi connectivity index (χ1n) is 17.6. The lowest BCUT2D eigenvalue weighted by Gasteiger charge is -2.38. The standard InChI is InChI=1S/C36H59N5O/c37-32-22-21-31(28-33(32)38)34-23-24-36(40-39-34)42-35-29-41-26-19-17-15-13-11-9-7-5-3-1-2-4-6-8-10-12-14-16-18-20-30(35)25-27-41/h21-24,28,30,35H,1-20,25-27,29,37-38H2. The van der Waals surface area contributed by atoms with Crippen LogP contribution in [0, 0.1) is 5.92 Å². The van der Waals surface area contributed by atoms with E-state index in [0.717, 1.165) is 17.8 Å². The number of nitrogens with zero attached hydrogens (tertiary/aromatic N) is 3. The van der Waals surface area contributed by atoms with Crippen LogP contribution in [0.25, 0.3) is 11.3 Å². The quantitative estimate of drug-likeness (QED) is 0.353. The summed E-state index contributed by atoms with van der Waals surface area (Å²) in [6.07, 6.45) is 29.4. The first kappa shape index (κ1) is 32.6. The number of benzene rings is 1. The summed E-state index contributed by atoms with van der Waals surface area (Å²) in [5.41, 5.74) is 14.7. The first-order valence-corrected chi connectivity index (χ1v) is 17.6. The van der Waals surface area contributed by atoms with Crippen molar-refractivity contribution >= 4 is 11.4 Å². The summed E-state index contributed by atoms with van der Waals surface area (Å²) < 4.78 is 6.59. The van der Waals surface area contributed by atoms with Crippen LogP contribution in [0.2, 0.25) is 0 Å². The van der Waals surface area contributed by atoms with Crippen molar-refractivity contribution in [1.82, 2.24) is 15.1 Å². The van der Waals surface area contributed by atoms with Gasteiger partial charge in [0.05, 0.1) is 17.1 Å². The second-order valence-electron chi connectivity index (χ2n) is 13.1. The van der Waals surface area contributed by atoms with Gasteiger partial charge < -0.3 is 16.2 Å². The van der Waals surface area contributed by atoms with E-state index < -0.39 is 0 Å². The number of piperidine rings is 1. The smallest absolute Gasteiger partial charge is 0.233 e. The van der Waals surface area contributed by atoms with Crippen molar-refractivity contribution in [3.63, 3.8) is 0 Å². The van der Waals surface area contributed by atoms with E-state index in [1.807, 2.05) is 30.3 Å². The van der Waals surface area contributed by atoms with E-state index in [4.69, 9.17) is 16.2 Å². The number of hydrogen-bond donors (Lipinski definition) is 2. The van der Waals surface area contributed by atoms with Gasteiger partial charge in [-0.25, -0.2) is 0 Å². The minimum atomic E-state index is 0.181. The molecule has 6 heteroatoms. The van der Waals surface area contributed by atoms with Crippen LogP contribution in [-0.2, 0) is 0 Å². The Morgan fingerprint density at radius 2 is 1.14 bits per heavy atom. The molecule has 3 unspecified atom stereocenters. The number of ether oxygens (including phenoxy) is 1. The van der Waals surface area contributed by atoms with Crippen LogP contribution >= 0.6 is 0 Å². The SMILES string of the molecule is Nc1ccc(-c2ccc(OC3CN4CCCCCCCCCCCCCCCCCCCCCC3CC4)nn2)cc1N. The number of fused-ring (bicyclic) bond motifs is 22. The number of nitrogens with two attached hydrogens (primary N) is 2. The van der Waals surface area contributed by atoms with Gasteiger partial charge in [-0.15, -0.1) is 10.2 Å². The van der Waals surface area contributed by atoms with E-state index >= 15 is 0 Å². The van der Waals surface area contributed by atoms with Crippen molar-refractivity contribution in [2.24, 2.45) is 5.92 Å². The van der Waals surface area contributed by atoms with Gasteiger partial charge in [0.25, 0.3) is 0 Å². The molecule has 4 heterocycles. The predicted octanol–water partition coefficient (Wildman–Crippen LogP) is 9.19. The van der Waals surface area contributed by atoms with Crippen molar-refractivity contribution in [2.75, 3.05) is 31.1 Å². The summed E-state index contributed by atoms with van der Waals surface area (Å²) in [5, 5.41) is 8.94. The van der Waals surface area contributed by atoms with E-state index in [0.29, 0.717) is 23.2 Å². The van der Waals surface area contributed by atoms with Crippen molar-refractivity contribution < 1.29 is 4.74 Å². The maximum absolute atomic E-state index is 6.59. The van der Waals surface area contributed by atoms with Gasteiger partial charge in [-0.1, -0.05) is 122 Å². The van der Waals surface area contributed by atoms with Crippen LogP contribution in [0.4, 0.5) is 11.4 Å². The molecule has 0 amide bonds. The fraction of sp³-hybridized carbons (Fsp3) is 0.722. The molecule has 3 fully saturated rings. The van der Waals surface area contributed by atoms with Gasteiger partial charge in [0.1, 0.15) is 6.10 Å². The molecule has 0 saturated carbocycles. The van der Waals surface area contributed by atoms with E-state index in [1.54, 1.807) is 0 Å². The highest BCUT2D eigenvalue weighted by molar-refractivity contribution is 5.72. The zero-order chi connectivity index (χ0) is 29.2. The van der Waals surface area contributed by atoms with Gasteiger partial charge in [0, 0.05) is 18.2 Å². The molecule has 3 saturated heterocycles. The Balaban J connectivity index is 1.30. The second-order valence-corrected chi connectivity index (χ2v) is 13.1. The fourth-order valence-corrected chi connectivity index (χ4v) is 6.87. The van der Waals surface area contributed by atoms with Crippen LogP contribution in [0.5, 0.6) is 5.88 Å². The van der Waals surface area contributed by atoms with Gasteiger partial charge in [0.2, 0.25) is 5.88 Å². The minimum Gasteiger partial charge on any atom is -0.472 e. The maximum Gasteiger partial charge on any atom is 0.233 e. The molecule has 5 rings (SSSR count). The lowest BCUT2D eigenvalue weighted by atomic mass is 9.88. The Hall–Kier alpha value is -2.34. The maximum atomic E-state index is 6.59. The van der Waals surface area contributed by atoms with Crippen LogP contribution in [0.1, 0.15) is 135 Å². The molecule has 0 spiro atoms. The van der Waals surface area contributed by atoms with Gasteiger partial charge >= 0.3 is 0 Å². The molecular weight excluding hydrogens is 518 g/mol. The third kappa shape index (κ3) is 11.7. The highest BCUT2D eigenvalue weighted by atomic mass is 16.5. The summed E-state index contributed by atoms with van der Waals surface area (Å²) in [4.78, 5) is 2.64. The molecule has 4 N–H and O–H groups in total. The average molecular weight is 578 g/mol. The zero-order valence-corrected chi connectivity index (χ0v) is 26.4. The van der Waals surface area contributed by atoms with E-state index in [2.05, 4.69) is 15.1 Å².